The molecular formula is C21H16ClN3O3S. The topological polar surface area (TPSA) is 72.3 Å². The van der Waals surface area contributed by atoms with Gasteiger partial charge in [0.05, 0.1) is 22.0 Å². The second kappa shape index (κ2) is 7.85. The second-order valence-corrected chi connectivity index (χ2v) is 7.91. The van der Waals surface area contributed by atoms with Crippen LogP contribution in [0.3, 0.4) is 0 Å². The number of carbonyl (C=O) groups is 2. The molecule has 0 spiro atoms. The minimum Gasteiger partial charge on any atom is -0.283 e. The number of aromatic nitrogens is 2. The SMILES string of the molecule is C=CCn1c(SCCN2C(=O)c3ccccc3C2=O)nc2cc(Cl)ccc2c1=O. The third kappa shape index (κ3) is 3.47. The van der Waals surface area contributed by atoms with Crippen LogP contribution >= 0.6 is 23.4 Å². The van der Waals surface area contributed by atoms with Gasteiger partial charge in [0.2, 0.25) is 0 Å². The molecule has 29 heavy (non-hydrogen) atoms. The van der Waals surface area contributed by atoms with Gasteiger partial charge in [-0.1, -0.05) is 41.6 Å². The van der Waals surface area contributed by atoms with Crippen molar-refractivity contribution in [3.63, 3.8) is 0 Å². The lowest BCUT2D eigenvalue weighted by Gasteiger charge is -2.15. The van der Waals surface area contributed by atoms with E-state index in [0.29, 0.717) is 44.5 Å². The maximum Gasteiger partial charge on any atom is 0.262 e. The number of rotatable bonds is 6. The summed E-state index contributed by atoms with van der Waals surface area (Å²) in [6, 6.07) is 11.7. The molecule has 0 atom stereocenters. The summed E-state index contributed by atoms with van der Waals surface area (Å²) in [5.41, 5.74) is 1.16. The van der Waals surface area contributed by atoms with Crippen LogP contribution in [-0.2, 0) is 6.54 Å². The molecule has 3 aromatic rings. The van der Waals surface area contributed by atoms with Crippen molar-refractivity contribution >= 4 is 46.1 Å². The zero-order valence-electron chi connectivity index (χ0n) is 15.3. The molecule has 0 saturated heterocycles. The van der Waals surface area contributed by atoms with E-state index >= 15 is 0 Å². The number of benzene rings is 2. The van der Waals surface area contributed by atoms with Gasteiger partial charge in [-0.25, -0.2) is 4.98 Å². The van der Waals surface area contributed by atoms with E-state index in [1.54, 1.807) is 48.5 Å². The Hall–Kier alpha value is -2.90. The molecule has 4 rings (SSSR count). The fourth-order valence-electron chi connectivity index (χ4n) is 3.24. The van der Waals surface area contributed by atoms with Gasteiger partial charge in [-0.15, -0.1) is 6.58 Å². The summed E-state index contributed by atoms with van der Waals surface area (Å²) in [6.07, 6.45) is 1.62. The van der Waals surface area contributed by atoms with Crippen molar-refractivity contribution in [3.05, 3.63) is 81.6 Å². The molecule has 0 saturated carbocycles. The van der Waals surface area contributed by atoms with Gasteiger partial charge in [0.1, 0.15) is 0 Å². The van der Waals surface area contributed by atoms with Gasteiger partial charge in [-0.05, 0) is 30.3 Å². The summed E-state index contributed by atoms with van der Waals surface area (Å²) in [4.78, 5) is 43.6. The van der Waals surface area contributed by atoms with Crippen molar-refractivity contribution in [2.75, 3.05) is 12.3 Å². The largest absolute Gasteiger partial charge is 0.283 e. The van der Waals surface area contributed by atoms with E-state index in [2.05, 4.69) is 11.6 Å². The number of hydrogen-bond acceptors (Lipinski definition) is 5. The third-order valence-electron chi connectivity index (χ3n) is 4.62. The first-order valence-corrected chi connectivity index (χ1v) is 10.3. The number of carbonyl (C=O) groups excluding carboxylic acids is 2. The predicted octanol–water partition coefficient (Wildman–Crippen LogP) is 3.62. The first-order chi connectivity index (χ1) is 14.0. The molecule has 2 heterocycles. The first-order valence-electron chi connectivity index (χ1n) is 8.90. The molecule has 2 amide bonds. The van der Waals surface area contributed by atoms with Crippen LogP contribution in [-0.4, -0.2) is 38.6 Å². The highest BCUT2D eigenvalue weighted by Gasteiger charge is 2.34. The van der Waals surface area contributed by atoms with Gasteiger partial charge in [0.15, 0.2) is 5.16 Å². The number of amides is 2. The van der Waals surface area contributed by atoms with E-state index in [4.69, 9.17) is 11.6 Å². The molecule has 0 radical (unpaired) electrons. The smallest absolute Gasteiger partial charge is 0.262 e. The Morgan fingerprint density at radius 1 is 1.07 bits per heavy atom. The van der Waals surface area contributed by atoms with Crippen LogP contribution in [0.1, 0.15) is 20.7 Å². The molecule has 1 aliphatic rings. The molecule has 0 fully saturated rings. The molecule has 2 aromatic carbocycles. The Bertz CT molecular complexity index is 1190. The molecule has 0 bridgehead atoms. The maximum atomic E-state index is 12.8. The second-order valence-electron chi connectivity index (χ2n) is 6.42. The number of thioether (sulfide) groups is 1. The Labute approximate surface area is 175 Å². The van der Waals surface area contributed by atoms with Gasteiger partial charge in [0, 0.05) is 23.9 Å². The summed E-state index contributed by atoms with van der Waals surface area (Å²) >= 11 is 7.34. The van der Waals surface area contributed by atoms with Crippen LogP contribution in [0.15, 0.2) is 65.1 Å². The van der Waals surface area contributed by atoms with Gasteiger partial charge in [0.25, 0.3) is 17.4 Å². The first kappa shape index (κ1) is 19.4. The quantitative estimate of drug-likeness (QED) is 0.261. The van der Waals surface area contributed by atoms with Crippen molar-refractivity contribution in [2.45, 2.75) is 11.7 Å². The third-order valence-corrected chi connectivity index (χ3v) is 5.81. The van der Waals surface area contributed by atoms with E-state index in [0.717, 1.165) is 0 Å². The fourth-order valence-corrected chi connectivity index (χ4v) is 4.34. The Morgan fingerprint density at radius 3 is 2.41 bits per heavy atom. The molecule has 1 aliphatic heterocycles. The molecule has 8 heteroatoms. The van der Waals surface area contributed by atoms with Crippen molar-refractivity contribution in [1.29, 1.82) is 0 Å². The standard InChI is InChI=1S/C21H16ClN3O3S/c1-2-9-25-20(28)16-8-7-13(22)12-17(16)23-21(25)29-11-10-24-18(26)14-5-3-4-6-15(14)19(24)27/h2-8,12H,1,9-11H2. The molecule has 6 nitrogen and oxygen atoms in total. The Balaban J connectivity index is 1.58. The molecule has 146 valence electrons. The van der Waals surface area contributed by atoms with E-state index in [1.807, 2.05) is 0 Å². The highest BCUT2D eigenvalue weighted by Crippen LogP contribution is 2.24. The summed E-state index contributed by atoms with van der Waals surface area (Å²) in [5, 5.41) is 1.45. The zero-order valence-corrected chi connectivity index (χ0v) is 16.9. The number of imide groups is 1. The van der Waals surface area contributed by atoms with Crippen molar-refractivity contribution in [1.82, 2.24) is 14.5 Å². The summed E-state index contributed by atoms with van der Waals surface area (Å²) in [6.45, 7) is 4.23. The van der Waals surface area contributed by atoms with Crippen LogP contribution < -0.4 is 5.56 Å². The molecule has 0 aliphatic carbocycles. The van der Waals surface area contributed by atoms with Crippen LogP contribution in [0.5, 0.6) is 0 Å². The minimum absolute atomic E-state index is 0.185. The molecule has 0 unspecified atom stereocenters. The van der Waals surface area contributed by atoms with Crippen LogP contribution in [0.2, 0.25) is 5.02 Å². The van der Waals surface area contributed by atoms with Crippen molar-refractivity contribution < 1.29 is 9.59 Å². The van der Waals surface area contributed by atoms with Crippen molar-refractivity contribution in [3.8, 4) is 0 Å². The van der Waals surface area contributed by atoms with Gasteiger partial charge >= 0.3 is 0 Å². The Kier molecular flexibility index (Phi) is 5.25. The Morgan fingerprint density at radius 2 is 1.76 bits per heavy atom. The van der Waals surface area contributed by atoms with E-state index < -0.39 is 0 Å². The summed E-state index contributed by atoms with van der Waals surface area (Å²) < 4.78 is 1.52. The normalized spacial score (nSPS) is 13.2. The van der Waals surface area contributed by atoms with Crippen LogP contribution in [0.25, 0.3) is 10.9 Å². The summed E-state index contributed by atoms with van der Waals surface area (Å²) in [5.74, 6) is -0.193. The number of allylic oxidation sites excluding steroid dienone is 1. The van der Waals surface area contributed by atoms with E-state index in [9.17, 15) is 14.4 Å². The van der Waals surface area contributed by atoms with E-state index in [1.165, 1.54) is 21.2 Å². The zero-order chi connectivity index (χ0) is 20.5. The number of hydrogen-bond donors (Lipinski definition) is 0. The van der Waals surface area contributed by atoms with Gasteiger partial charge in [-0.2, -0.15) is 0 Å². The van der Waals surface area contributed by atoms with Gasteiger partial charge in [-0.3, -0.25) is 23.9 Å². The minimum atomic E-state index is -0.298. The number of fused-ring (bicyclic) bond motifs is 2. The van der Waals surface area contributed by atoms with Gasteiger partial charge < -0.3 is 0 Å². The molecular weight excluding hydrogens is 410 g/mol. The number of nitrogens with zero attached hydrogens (tertiary/aromatic N) is 3. The lowest BCUT2D eigenvalue weighted by atomic mass is 10.1. The summed E-state index contributed by atoms with van der Waals surface area (Å²) in [7, 11) is 0. The van der Waals surface area contributed by atoms with Crippen LogP contribution in [0.4, 0.5) is 0 Å². The lowest BCUT2D eigenvalue weighted by molar-refractivity contribution is 0.0664. The van der Waals surface area contributed by atoms with E-state index in [-0.39, 0.29) is 23.9 Å². The molecule has 0 N–H and O–H groups in total. The van der Waals surface area contributed by atoms with Crippen LogP contribution in [0, 0.1) is 0 Å². The fraction of sp³-hybridized carbons (Fsp3) is 0.143. The van der Waals surface area contributed by atoms with Crippen molar-refractivity contribution in [2.24, 2.45) is 0 Å². The highest BCUT2D eigenvalue weighted by atomic mass is 35.5. The monoisotopic (exact) mass is 425 g/mol. The average Bonchev–Trinajstić information content (AvgIpc) is 2.95. The number of halogens is 1. The predicted molar refractivity (Wildman–Crippen MR) is 114 cm³/mol. The lowest BCUT2D eigenvalue weighted by Crippen LogP contribution is -2.32. The molecule has 1 aromatic heterocycles. The highest BCUT2D eigenvalue weighted by molar-refractivity contribution is 7.99. The average molecular weight is 426 g/mol. The maximum absolute atomic E-state index is 12.8.